The van der Waals surface area contributed by atoms with Gasteiger partial charge in [-0.15, -0.1) is 10.2 Å². The number of hydrogen-bond donors (Lipinski definition) is 2. The number of benzene rings is 1. The summed E-state index contributed by atoms with van der Waals surface area (Å²) < 4.78 is 0. The third-order valence-corrected chi connectivity index (χ3v) is 3.73. The number of hydrogen-bond acceptors (Lipinski definition) is 5. The second-order valence-corrected chi connectivity index (χ2v) is 5.95. The van der Waals surface area contributed by atoms with Crippen LogP contribution in [0.1, 0.15) is 28.5 Å². The number of carbonyl (C=O) groups is 1. The maximum atomic E-state index is 12.0. The topological polar surface area (TPSA) is 70.2 Å². The summed E-state index contributed by atoms with van der Waals surface area (Å²) in [5, 5.41) is 14.3. The molecule has 6 nitrogen and oxygen atoms in total. The van der Waals surface area contributed by atoms with E-state index in [4.69, 9.17) is 0 Å². The predicted molar refractivity (Wildman–Crippen MR) is 96.8 cm³/mol. The average molecular weight is 327 g/mol. The molecule has 0 saturated heterocycles. The minimum Gasteiger partial charge on any atom is -0.349 e. The van der Waals surface area contributed by atoms with Crippen LogP contribution >= 0.6 is 0 Å². The van der Waals surface area contributed by atoms with E-state index >= 15 is 0 Å². The SMILES string of the molecule is CCc1cccc(C)c1Nc1ccc(C(=O)NCCN(C)C)nn1. The monoisotopic (exact) mass is 327 g/mol. The zero-order valence-electron chi connectivity index (χ0n) is 14.8. The molecule has 0 aliphatic rings. The molecule has 0 unspecified atom stereocenters. The Morgan fingerprint density at radius 1 is 1.17 bits per heavy atom. The van der Waals surface area contributed by atoms with Crippen LogP contribution in [0, 0.1) is 6.92 Å². The molecular formula is C18H25N5O. The molecule has 2 rings (SSSR count). The van der Waals surface area contributed by atoms with E-state index in [1.165, 1.54) is 5.56 Å². The van der Waals surface area contributed by atoms with Crippen molar-refractivity contribution in [2.45, 2.75) is 20.3 Å². The Balaban J connectivity index is 2.04. The molecule has 24 heavy (non-hydrogen) atoms. The van der Waals surface area contributed by atoms with Crippen molar-refractivity contribution in [2.24, 2.45) is 0 Å². The van der Waals surface area contributed by atoms with Crippen molar-refractivity contribution in [1.82, 2.24) is 20.4 Å². The zero-order valence-corrected chi connectivity index (χ0v) is 14.8. The van der Waals surface area contributed by atoms with E-state index in [9.17, 15) is 4.79 Å². The van der Waals surface area contributed by atoms with Crippen LogP contribution in [0.5, 0.6) is 0 Å². The van der Waals surface area contributed by atoms with Crippen LogP contribution < -0.4 is 10.6 Å². The fraction of sp³-hybridized carbons (Fsp3) is 0.389. The van der Waals surface area contributed by atoms with Gasteiger partial charge >= 0.3 is 0 Å². The number of carbonyl (C=O) groups excluding carboxylic acids is 1. The molecular weight excluding hydrogens is 302 g/mol. The van der Waals surface area contributed by atoms with E-state index in [1.54, 1.807) is 12.1 Å². The first-order valence-corrected chi connectivity index (χ1v) is 8.13. The van der Waals surface area contributed by atoms with Crippen molar-refractivity contribution in [3.63, 3.8) is 0 Å². The van der Waals surface area contributed by atoms with Gasteiger partial charge in [0.05, 0.1) is 0 Å². The third-order valence-electron chi connectivity index (χ3n) is 3.73. The Labute approximate surface area is 143 Å². The zero-order chi connectivity index (χ0) is 17.5. The van der Waals surface area contributed by atoms with Gasteiger partial charge in [-0.1, -0.05) is 25.1 Å². The highest BCUT2D eigenvalue weighted by molar-refractivity contribution is 5.92. The molecule has 0 radical (unpaired) electrons. The molecule has 0 atom stereocenters. The lowest BCUT2D eigenvalue weighted by Crippen LogP contribution is -2.31. The van der Waals surface area contributed by atoms with Crippen LogP contribution in [0.25, 0.3) is 0 Å². The first kappa shape index (κ1) is 17.9. The Morgan fingerprint density at radius 3 is 2.58 bits per heavy atom. The highest BCUT2D eigenvalue weighted by Crippen LogP contribution is 2.24. The molecule has 0 fully saturated rings. The van der Waals surface area contributed by atoms with Crippen molar-refractivity contribution in [1.29, 1.82) is 0 Å². The highest BCUT2D eigenvalue weighted by atomic mass is 16.1. The number of aryl methyl sites for hydroxylation is 2. The number of rotatable bonds is 7. The fourth-order valence-corrected chi connectivity index (χ4v) is 2.33. The molecule has 0 aliphatic heterocycles. The van der Waals surface area contributed by atoms with Crippen LogP contribution in [0.4, 0.5) is 11.5 Å². The van der Waals surface area contributed by atoms with Crippen molar-refractivity contribution < 1.29 is 4.79 Å². The largest absolute Gasteiger partial charge is 0.349 e. The Hall–Kier alpha value is -2.47. The summed E-state index contributed by atoms with van der Waals surface area (Å²) in [6.07, 6.45) is 0.934. The van der Waals surface area contributed by atoms with Gasteiger partial charge in [0.25, 0.3) is 5.91 Å². The van der Waals surface area contributed by atoms with Gasteiger partial charge in [0, 0.05) is 18.8 Å². The van der Waals surface area contributed by atoms with Crippen LogP contribution in [-0.4, -0.2) is 48.2 Å². The standard InChI is InChI=1S/C18H25N5O/c1-5-14-8-6-7-13(2)17(14)20-16-10-9-15(21-22-16)18(24)19-11-12-23(3)4/h6-10H,5,11-12H2,1-4H3,(H,19,24)(H,20,22). The second kappa shape index (κ2) is 8.40. The van der Waals surface area contributed by atoms with E-state index in [0.717, 1.165) is 24.2 Å². The van der Waals surface area contributed by atoms with E-state index in [1.807, 2.05) is 25.1 Å². The smallest absolute Gasteiger partial charge is 0.271 e. The van der Waals surface area contributed by atoms with Gasteiger partial charge in [-0.2, -0.15) is 0 Å². The van der Waals surface area contributed by atoms with Gasteiger partial charge in [0.2, 0.25) is 0 Å². The van der Waals surface area contributed by atoms with Gasteiger partial charge in [-0.05, 0) is 50.7 Å². The molecule has 2 N–H and O–H groups in total. The van der Waals surface area contributed by atoms with E-state index in [0.29, 0.717) is 18.1 Å². The maximum Gasteiger partial charge on any atom is 0.271 e. The van der Waals surface area contributed by atoms with E-state index < -0.39 is 0 Å². The van der Waals surface area contributed by atoms with Gasteiger partial charge in [0.1, 0.15) is 0 Å². The summed E-state index contributed by atoms with van der Waals surface area (Å²) in [6, 6.07) is 9.66. The molecule has 128 valence electrons. The molecule has 0 spiro atoms. The first-order valence-electron chi connectivity index (χ1n) is 8.13. The van der Waals surface area contributed by atoms with Crippen molar-refractivity contribution in [3.05, 3.63) is 47.2 Å². The molecule has 0 saturated carbocycles. The number of anilines is 2. The lowest BCUT2D eigenvalue weighted by Gasteiger charge is -2.13. The minimum atomic E-state index is -0.207. The maximum absolute atomic E-state index is 12.0. The number of amides is 1. The van der Waals surface area contributed by atoms with Crippen molar-refractivity contribution in [3.8, 4) is 0 Å². The van der Waals surface area contributed by atoms with Gasteiger partial charge < -0.3 is 15.5 Å². The molecule has 0 aliphatic carbocycles. The average Bonchev–Trinajstić information content (AvgIpc) is 2.57. The van der Waals surface area contributed by atoms with Crippen molar-refractivity contribution >= 4 is 17.4 Å². The Bertz CT molecular complexity index is 682. The summed E-state index contributed by atoms with van der Waals surface area (Å²) in [7, 11) is 3.92. The molecule has 0 bridgehead atoms. The van der Waals surface area contributed by atoms with Crippen LogP contribution in [0.15, 0.2) is 30.3 Å². The Morgan fingerprint density at radius 2 is 1.96 bits per heavy atom. The third kappa shape index (κ3) is 4.76. The molecule has 1 aromatic heterocycles. The molecule has 1 heterocycles. The molecule has 1 aromatic carbocycles. The van der Waals surface area contributed by atoms with Gasteiger partial charge in [-0.3, -0.25) is 4.79 Å². The highest BCUT2D eigenvalue weighted by Gasteiger charge is 2.09. The van der Waals surface area contributed by atoms with Crippen LogP contribution in [-0.2, 0) is 6.42 Å². The first-order chi connectivity index (χ1) is 11.5. The Kier molecular flexibility index (Phi) is 6.26. The summed E-state index contributed by atoms with van der Waals surface area (Å²) in [5.41, 5.74) is 3.75. The van der Waals surface area contributed by atoms with E-state index in [2.05, 4.69) is 46.8 Å². The predicted octanol–water partition coefficient (Wildman–Crippen LogP) is 2.38. The van der Waals surface area contributed by atoms with Gasteiger partial charge in [0.15, 0.2) is 11.5 Å². The molecule has 2 aromatic rings. The second-order valence-electron chi connectivity index (χ2n) is 5.95. The number of nitrogens with one attached hydrogen (secondary N) is 2. The van der Waals surface area contributed by atoms with Gasteiger partial charge in [-0.25, -0.2) is 0 Å². The van der Waals surface area contributed by atoms with Crippen LogP contribution in [0.3, 0.4) is 0 Å². The van der Waals surface area contributed by atoms with Crippen molar-refractivity contribution in [2.75, 3.05) is 32.5 Å². The van der Waals surface area contributed by atoms with Crippen LogP contribution in [0.2, 0.25) is 0 Å². The summed E-state index contributed by atoms with van der Waals surface area (Å²) in [4.78, 5) is 14.0. The molecule has 6 heteroatoms. The number of para-hydroxylation sites is 1. The van der Waals surface area contributed by atoms with E-state index in [-0.39, 0.29) is 5.91 Å². The fourth-order valence-electron chi connectivity index (χ4n) is 2.33. The summed E-state index contributed by atoms with van der Waals surface area (Å²) in [5.74, 6) is 0.421. The summed E-state index contributed by atoms with van der Waals surface area (Å²) >= 11 is 0. The quantitative estimate of drug-likeness (QED) is 0.817. The lowest BCUT2D eigenvalue weighted by atomic mass is 10.1. The normalized spacial score (nSPS) is 10.7. The summed E-state index contributed by atoms with van der Waals surface area (Å²) in [6.45, 7) is 5.54. The number of likely N-dealkylation sites (N-methyl/N-ethyl adjacent to an activating group) is 1. The number of nitrogens with zero attached hydrogens (tertiary/aromatic N) is 3. The minimum absolute atomic E-state index is 0.207. The molecule has 1 amide bonds. The number of aromatic nitrogens is 2. The lowest BCUT2D eigenvalue weighted by molar-refractivity contribution is 0.0945.